The quantitative estimate of drug-likeness (QED) is 0.806. The first-order chi connectivity index (χ1) is 8.40. The van der Waals surface area contributed by atoms with E-state index in [4.69, 9.17) is 5.11 Å². The number of carboxylic acids is 1. The Labute approximate surface area is 111 Å². The van der Waals surface area contributed by atoms with Gasteiger partial charge in [0.05, 0.1) is 5.56 Å². The van der Waals surface area contributed by atoms with Crippen LogP contribution in [-0.2, 0) is 10.0 Å². The number of hydrogen-bond acceptors (Lipinski definition) is 4. The fraction of sp³-hybridized carbons (Fsp3) is 0.545. The second kappa shape index (κ2) is 6.31. The largest absolute Gasteiger partial charge is 0.478 e. The van der Waals surface area contributed by atoms with Crippen molar-refractivity contribution in [2.45, 2.75) is 30.9 Å². The highest BCUT2D eigenvalue weighted by Gasteiger charge is 2.19. The zero-order valence-electron chi connectivity index (χ0n) is 10.3. The van der Waals surface area contributed by atoms with Crippen molar-refractivity contribution in [2.75, 3.05) is 6.54 Å². The van der Waals surface area contributed by atoms with Gasteiger partial charge in [0.2, 0.25) is 10.0 Å². The number of aromatic carboxylic acids is 1. The third kappa shape index (κ3) is 3.79. The Morgan fingerprint density at radius 3 is 2.50 bits per heavy atom. The molecule has 1 aromatic heterocycles. The lowest BCUT2D eigenvalue weighted by atomic mass is 10.0. The number of thiophene rings is 1. The predicted molar refractivity (Wildman–Crippen MR) is 70.5 cm³/mol. The SMILES string of the molecule is CCC(CC)CNS(=O)(=O)c1cc(C(=O)O)cs1. The van der Waals surface area contributed by atoms with E-state index in [1.54, 1.807) is 0 Å². The molecule has 0 saturated carbocycles. The van der Waals surface area contributed by atoms with E-state index in [9.17, 15) is 13.2 Å². The Morgan fingerprint density at radius 2 is 2.06 bits per heavy atom. The molecule has 0 radical (unpaired) electrons. The van der Waals surface area contributed by atoms with Crippen molar-refractivity contribution in [2.24, 2.45) is 5.92 Å². The molecule has 0 fully saturated rings. The minimum atomic E-state index is -3.58. The lowest BCUT2D eigenvalue weighted by Gasteiger charge is -2.12. The van der Waals surface area contributed by atoms with E-state index < -0.39 is 16.0 Å². The molecule has 0 amide bonds. The van der Waals surface area contributed by atoms with Crippen molar-refractivity contribution in [1.29, 1.82) is 0 Å². The number of carboxylic acid groups (broad SMARTS) is 1. The molecule has 0 spiro atoms. The van der Waals surface area contributed by atoms with Gasteiger partial charge in [-0.3, -0.25) is 0 Å². The summed E-state index contributed by atoms with van der Waals surface area (Å²) in [5.74, 6) is -0.814. The molecule has 0 atom stereocenters. The summed E-state index contributed by atoms with van der Waals surface area (Å²) < 4.78 is 26.4. The molecular formula is C11H17NO4S2. The van der Waals surface area contributed by atoms with Gasteiger partial charge >= 0.3 is 5.97 Å². The molecule has 102 valence electrons. The summed E-state index contributed by atoms with van der Waals surface area (Å²) >= 11 is 0.920. The third-order valence-corrected chi connectivity index (χ3v) is 5.67. The normalized spacial score (nSPS) is 11.9. The molecule has 2 N–H and O–H groups in total. The summed E-state index contributed by atoms with van der Waals surface area (Å²) in [7, 11) is -3.58. The molecule has 1 rings (SSSR count). The van der Waals surface area contributed by atoms with Gasteiger partial charge in [-0.25, -0.2) is 17.9 Å². The van der Waals surface area contributed by atoms with Crippen molar-refractivity contribution >= 4 is 27.3 Å². The van der Waals surface area contributed by atoms with E-state index in [1.165, 1.54) is 11.4 Å². The van der Waals surface area contributed by atoms with Crippen LogP contribution in [0.15, 0.2) is 15.7 Å². The van der Waals surface area contributed by atoms with Gasteiger partial charge in [-0.15, -0.1) is 11.3 Å². The Morgan fingerprint density at radius 1 is 1.44 bits per heavy atom. The summed E-state index contributed by atoms with van der Waals surface area (Å²) in [5.41, 5.74) is 0.00269. The highest BCUT2D eigenvalue weighted by molar-refractivity contribution is 7.91. The lowest BCUT2D eigenvalue weighted by Crippen LogP contribution is -2.28. The van der Waals surface area contributed by atoms with Crippen molar-refractivity contribution in [3.05, 3.63) is 17.0 Å². The van der Waals surface area contributed by atoms with E-state index in [0.29, 0.717) is 12.5 Å². The first kappa shape index (κ1) is 15.1. The molecule has 0 bridgehead atoms. The molecule has 0 aliphatic heterocycles. The van der Waals surface area contributed by atoms with Gasteiger partial charge in [-0.2, -0.15) is 0 Å². The van der Waals surface area contributed by atoms with Gasteiger partial charge in [-0.05, 0) is 12.0 Å². The molecule has 18 heavy (non-hydrogen) atoms. The minimum Gasteiger partial charge on any atom is -0.478 e. The maximum absolute atomic E-state index is 11.9. The first-order valence-corrected chi connectivity index (χ1v) is 8.08. The van der Waals surface area contributed by atoms with Crippen molar-refractivity contribution in [1.82, 2.24) is 4.72 Å². The molecule has 1 heterocycles. The van der Waals surface area contributed by atoms with Gasteiger partial charge in [0.15, 0.2) is 0 Å². The predicted octanol–water partition coefficient (Wildman–Crippen LogP) is 2.16. The van der Waals surface area contributed by atoms with Crippen LogP contribution in [0.4, 0.5) is 0 Å². The minimum absolute atomic E-state index is 0.00269. The van der Waals surface area contributed by atoms with E-state index in [2.05, 4.69) is 4.72 Å². The van der Waals surface area contributed by atoms with Crippen LogP contribution >= 0.6 is 11.3 Å². The van der Waals surface area contributed by atoms with Gasteiger partial charge < -0.3 is 5.11 Å². The Bertz CT molecular complexity index is 503. The monoisotopic (exact) mass is 291 g/mol. The second-order valence-electron chi connectivity index (χ2n) is 3.99. The Hall–Kier alpha value is -0.920. The van der Waals surface area contributed by atoms with Crippen molar-refractivity contribution in [3.8, 4) is 0 Å². The van der Waals surface area contributed by atoms with Crippen LogP contribution < -0.4 is 4.72 Å². The number of nitrogens with one attached hydrogen (secondary N) is 1. The van der Waals surface area contributed by atoms with Gasteiger partial charge in [0, 0.05) is 11.9 Å². The standard InChI is InChI=1S/C11H17NO4S2/c1-3-8(4-2)6-12-18(15,16)10-5-9(7-17-10)11(13)14/h5,7-8,12H,3-4,6H2,1-2H3,(H,13,14). The van der Waals surface area contributed by atoms with Crippen LogP contribution in [-0.4, -0.2) is 26.0 Å². The summed E-state index contributed by atoms with van der Waals surface area (Å²) in [4.78, 5) is 10.7. The highest BCUT2D eigenvalue weighted by Crippen LogP contribution is 2.20. The molecule has 0 aromatic carbocycles. The molecule has 0 aliphatic rings. The van der Waals surface area contributed by atoms with E-state index >= 15 is 0 Å². The lowest BCUT2D eigenvalue weighted by molar-refractivity contribution is 0.0697. The average molecular weight is 291 g/mol. The van der Waals surface area contributed by atoms with E-state index in [-0.39, 0.29) is 9.77 Å². The molecule has 5 nitrogen and oxygen atoms in total. The van der Waals surface area contributed by atoms with Crippen LogP contribution in [0.2, 0.25) is 0 Å². The van der Waals surface area contributed by atoms with Crippen LogP contribution in [0.1, 0.15) is 37.0 Å². The molecule has 0 aliphatic carbocycles. The van der Waals surface area contributed by atoms with Crippen molar-refractivity contribution in [3.63, 3.8) is 0 Å². The Kier molecular flexibility index (Phi) is 5.30. The number of sulfonamides is 1. The second-order valence-corrected chi connectivity index (χ2v) is 6.90. The van der Waals surface area contributed by atoms with Crippen LogP contribution in [0.3, 0.4) is 0 Å². The van der Waals surface area contributed by atoms with Crippen LogP contribution in [0.25, 0.3) is 0 Å². The fourth-order valence-corrected chi connectivity index (χ4v) is 3.76. The van der Waals surface area contributed by atoms with Crippen LogP contribution in [0.5, 0.6) is 0 Å². The van der Waals surface area contributed by atoms with Crippen molar-refractivity contribution < 1.29 is 18.3 Å². The molecule has 7 heteroatoms. The summed E-state index contributed by atoms with van der Waals surface area (Å²) in [5, 5.41) is 10.1. The highest BCUT2D eigenvalue weighted by atomic mass is 32.2. The first-order valence-electron chi connectivity index (χ1n) is 5.72. The smallest absolute Gasteiger partial charge is 0.336 e. The molecular weight excluding hydrogens is 274 g/mol. The summed E-state index contributed by atoms with van der Waals surface area (Å²) in [6.45, 7) is 4.40. The maximum atomic E-state index is 11.9. The Balaban J connectivity index is 2.76. The number of carbonyl (C=O) groups is 1. The van der Waals surface area contributed by atoms with E-state index in [1.807, 2.05) is 13.8 Å². The number of hydrogen-bond donors (Lipinski definition) is 2. The van der Waals surface area contributed by atoms with Gasteiger partial charge in [0.1, 0.15) is 4.21 Å². The third-order valence-electron chi connectivity index (χ3n) is 2.80. The molecule has 0 saturated heterocycles. The maximum Gasteiger partial charge on any atom is 0.336 e. The van der Waals surface area contributed by atoms with Crippen LogP contribution in [0, 0.1) is 5.92 Å². The average Bonchev–Trinajstić information content (AvgIpc) is 2.80. The topological polar surface area (TPSA) is 83.5 Å². The zero-order valence-corrected chi connectivity index (χ0v) is 12.0. The van der Waals surface area contributed by atoms with Gasteiger partial charge in [0.25, 0.3) is 0 Å². The fourth-order valence-electron chi connectivity index (χ4n) is 1.45. The van der Waals surface area contributed by atoms with E-state index in [0.717, 1.165) is 24.2 Å². The summed E-state index contributed by atoms with van der Waals surface area (Å²) in [6.07, 6.45) is 1.81. The zero-order chi connectivity index (χ0) is 13.8. The number of rotatable bonds is 7. The molecule has 1 aromatic rings. The van der Waals surface area contributed by atoms with Gasteiger partial charge in [-0.1, -0.05) is 26.7 Å². The summed E-state index contributed by atoms with van der Waals surface area (Å²) in [6, 6.07) is 1.18. The molecule has 0 unspecified atom stereocenters.